The summed E-state index contributed by atoms with van der Waals surface area (Å²) < 4.78 is 59.1. The molecule has 6 rings (SSSR count). The van der Waals surface area contributed by atoms with E-state index in [1.807, 2.05) is 15.6 Å². The summed E-state index contributed by atoms with van der Waals surface area (Å²) in [4.78, 5) is 2.00. The molecule has 0 amide bonds. The van der Waals surface area contributed by atoms with Crippen molar-refractivity contribution in [2.45, 2.75) is 23.6 Å². The summed E-state index contributed by atoms with van der Waals surface area (Å²) in [5.41, 5.74) is 3.49. The summed E-state index contributed by atoms with van der Waals surface area (Å²) in [5, 5.41) is 13.9. The van der Waals surface area contributed by atoms with E-state index in [9.17, 15) is 0 Å². The van der Waals surface area contributed by atoms with Gasteiger partial charge in [0.1, 0.15) is 0 Å². The van der Waals surface area contributed by atoms with Crippen molar-refractivity contribution in [2.24, 2.45) is 0 Å². The van der Waals surface area contributed by atoms with Gasteiger partial charge in [0.05, 0.1) is 0 Å². The minimum absolute atomic E-state index is 0.0143. The van der Waals surface area contributed by atoms with Crippen LogP contribution in [-0.4, -0.2) is 8.42 Å². The van der Waals surface area contributed by atoms with Gasteiger partial charge in [0.2, 0.25) is 0 Å². The van der Waals surface area contributed by atoms with Gasteiger partial charge in [-0.2, -0.15) is 0 Å². The van der Waals surface area contributed by atoms with Crippen molar-refractivity contribution in [1.29, 1.82) is 0 Å². The molecule has 0 radical (unpaired) electrons. The van der Waals surface area contributed by atoms with E-state index in [-0.39, 0.29) is 428 Å². The van der Waals surface area contributed by atoms with Crippen LogP contribution in [0, 0.1) is 699 Å². The Balaban J connectivity index is 1.82. The van der Waals surface area contributed by atoms with Crippen molar-refractivity contribution in [3.63, 3.8) is 0 Å². The van der Waals surface area contributed by atoms with Gasteiger partial charge in [0.15, 0.2) is 0 Å². The fourth-order valence-corrected chi connectivity index (χ4v) is 191. The number of fused-ring (bicyclic) bond motifs is 4. The molecule has 0 fully saturated rings. The summed E-state index contributed by atoms with van der Waals surface area (Å²) in [6, 6.07) is 0. The Kier molecular flexibility index (Phi) is 29.7. The fourth-order valence-electron chi connectivity index (χ4n) is 10.0. The zero-order valence-electron chi connectivity index (χ0n) is 33.2. The van der Waals surface area contributed by atoms with Gasteiger partial charge < -0.3 is 0 Å². The van der Waals surface area contributed by atoms with Gasteiger partial charge >= 0.3 is 790 Å². The molecule has 0 aliphatic heterocycles. The molecule has 0 bridgehead atoms. The van der Waals surface area contributed by atoms with Crippen molar-refractivity contribution in [3.8, 4) is 0 Å². The first-order valence-electron chi connectivity index (χ1n) is 17.7. The molecule has 0 aliphatic rings. The van der Waals surface area contributed by atoms with Crippen LogP contribution in [0.2, 0.25) is 0 Å². The zero-order chi connectivity index (χ0) is 36.7. The van der Waals surface area contributed by atoms with E-state index in [1.54, 1.807) is 45.9 Å². The summed E-state index contributed by atoms with van der Waals surface area (Å²) >= 11 is 2.94. The van der Waals surface area contributed by atoms with E-state index in [0.717, 1.165) is 9.79 Å². The molecule has 2 nitrogen and oxygen atoms in total. The van der Waals surface area contributed by atoms with Crippen molar-refractivity contribution < 1.29 is 693 Å². The van der Waals surface area contributed by atoms with Crippen LogP contribution < -0.4 is 9.67 Å². The van der Waals surface area contributed by atoms with E-state index >= 15 is 8.42 Å². The van der Waals surface area contributed by atoms with Crippen molar-refractivity contribution in [1.82, 2.24) is 0 Å². The molecule has 19 heteroatoms. The first-order chi connectivity index (χ1) is 22.6. The SMILES string of the molecule is Cc1[c]([RaH])[c]([RaH])c2[c]([RaH])c3[c]([RaH])c(S(=O)(=O)c4[c]([RaH])[c]([RaH])c5[c]([RaH])c6[c]([RaH])c(C)[c]([RaH])[c]([RaH])c6[c]([RaH])c5[c]4[RaH])[c]([RaH])[c]([RaH])c3[c]([RaH])c2[c]1[RaH]. The van der Waals surface area contributed by atoms with Gasteiger partial charge in [-0.3, -0.25) is 0 Å². The van der Waals surface area contributed by atoms with E-state index in [2.05, 4.69) is 13.8 Å². The second kappa shape index (κ2) is 25.1. The summed E-state index contributed by atoms with van der Waals surface area (Å²) in [7, 11) is -3.46. The number of benzene rings is 6. The minimum atomic E-state index is -3.46. The average Bonchev–Trinajstić information content (AvgIpc) is 3.03. The van der Waals surface area contributed by atoms with Crippen LogP contribution >= 0.6 is 0 Å². The molecule has 0 aromatic heterocycles. The predicted octanol–water partition coefficient (Wildman–Crippen LogP) is -9.74. The van der Waals surface area contributed by atoms with Crippen LogP contribution in [-0.2, 0) is 9.84 Å². The Morgan fingerprint density at radius 3 is 0.735 bits per heavy atom. The van der Waals surface area contributed by atoms with E-state index < -0.39 is 9.84 Å². The summed E-state index contributed by atoms with van der Waals surface area (Å²) in [5.74, 6) is 0. The molecule has 0 spiro atoms. The van der Waals surface area contributed by atoms with Gasteiger partial charge in [-0.25, -0.2) is 0 Å². The molecule has 6 aromatic rings. The Labute approximate surface area is 757 Å². The van der Waals surface area contributed by atoms with Gasteiger partial charge in [-0.1, -0.05) is 0 Å². The van der Waals surface area contributed by atoms with Gasteiger partial charge in [0, 0.05) is 0 Å². The Bertz CT molecular complexity index is 2530. The number of hydrogen-bond donors (Lipinski definition) is 0. The Morgan fingerprint density at radius 2 is 0.469 bits per heavy atom. The van der Waals surface area contributed by atoms with Gasteiger partial charge in [-0.05, 0) is 0 Å². The molecule has 0 unspecified atom stereocenters. The molecule has 0 atom stereocenters. The second-order valence-corrected chi connectivity index (χ2v) is 83.0. The van der Waals surface area contributed by atoms with Gasteiger partial charge in [0.25, 0.3) is 0 Å². The molecule has 0 aliphatic carbocycles. The Hall–Kier alpha value is 19.8. The van der Waals surface area contributed by atoms with E-state index in [4.69, 9.17) is 0 Å². The molecule has 6 aromatic carbocycles. The van der Waals surface area contributed by atoms with Crippen LogP contribution in [0.1, 0.15) is 11.1 Å². The number of rotatable bonds is 2. The first kappa shape index (κ1) is 58.1. The van der Waals surface area contributed by atoms with Crippen molar-refractivity contribution in [3.05, 3.63) is 11.1 Å². The molecule has 192 valence electrons. The van der Waals surface area contributed by atoms with Crippen LogP contribution in [0.3, 0.4) is 0 Å². The van der Waals surface area contributed by atoms with Crippen molar-refractivity contribution >= 4 is 62.6 Å². The van der Waals surface area contributed by atoms with Crippen LogP contribution in [0.15, 0.2) is 9.79 Å². The standard InChI is InChI=1S/C30H6O2S.16Ra.16H/c1-19-3-5-21-15-27-17-29(9-7-23(27)13-25(21)11-19)33(31,32)30-10-8-24-14-26-12-20(2)4-6-22(26)16-28(24)18-30;;;;;;;;;;;;;;;;;;;;;;;;;;;;;;;;/h1-2H3;;;;;;;;;;;;;;;;;;;;;;;;;;;;;;;;. The molecule has 0 saturated heterocycles. The first-order valence-corrected chi connectivity index (χ1v) is 85.0. The zero-order valence-corrected chi connectivity index (χ0v) is 166. The van der Waals surface area contributed by atoms with Crippen LogP contribution in [0.5, 0.6) is 0 Å². The summed E-state index contributed by atoms with van der Waals surface area (Å²) in [6.45, 7) is 4.98. The van der Waals surface area contributed by atoms with E-state index in [1.165, 1.54) is 2.42 Å². The third kappa shape index (κ3) is 11.5. The predicted molar refractivity (Wildman–Crippen MR) is 154 cm³/mol. The number of sulfone groups is 1. The maximum absolute atomic E-state index is 15.8. The van der Waals surface area contributed by atoms with Crippen LogP contribution in [0.25, 0.3) is 43.1 Å². The molecule has 0 N–H and O–H groups in total. The van der Waals surface area contributed by atoms with Crippen LogP contribution in [0.4, 0.5) is 0 Å². The molecular weight excluding hydrogens is 4040 g/mol. The second-order valence-electron chi connectivity index (χ2n) is 15.4. The third-order valence-electron chi connectivity index (χ3n) is 13.4. The average molecular weight is 4060 g/mol. The maximum atomic E-state index is 15.8. The fraction of sp³-hybridized carbons (Fsp3) is 0.0667. The third-order valence-corrected chi connectivity index (χ3v) is 167. The Morgan fingerprint density at radius 1 is 0.265 bits per heavy atom. The topological polar surface area (TPSA) is 34.1 Å². The van der Waals surface area contributed by atoms with E-state index in [0.29, 0.717) is 257 Å². The normalized spacial score (nSPS) is 11.8. The van der Waals surface area contributed by atoms with Crippen molar-refractivity contribution in [2.75, 3.05) is 0 Å². The van der Waals surface area contributed by atoms with Gasteiger partial charge in [-0.15, -0.1) is 0 Å². The molecule has 49 heavy (non-hydrogen) atoms. The number of hydrogen-bond acceptors (Lipinski definition) is 2. The quantitative estimate of drug-likeness (QED) is 0.162. The monoisotopic (exact) mass is 4060 g/mol. The summed E-state index contributed by atoms with van der Waals surface area (Å²) in [6.07, 6.45) is 0. The molecular formula is C30H22O2Ra16S. The molecule has 0 saturated carbocycles. The molecule has 0 heterocycles.